The van der Waals surface area contributed by atoms with Crippen LogP contribution in [0.25, 0.3) is 11.4 Å². The van der Waals surface area contributed by atoms with E-state index in [1.54, 1.807) is 11.3 Å². The molecule has 2 aromatic rings. The number of likely N-dealkylation sites (N-methyl/N-ethyl adjacent to an activating group) is 1. The fraction of sp³-hybridized carbons (Fsp3) is 0.500. The van der Waals surface area contributed by atoms with E-state index in [0.29, 0.717) is 24.3 Å². The van der Waals surface area contributed by atoms with Gasteiger partial charge in [-0.1, -0.05) is 5.16 Å². The van der Waals surface area contributed by atoms with Crippen molar-refractivity contribution in [3.63, 3.8) is 0 Å². The number of hydrogen-bond donors (Lipinski definition) is 1. The summed E-state index contributed by atoms with van der Waals surface area (Å²) in [6.45, 7) is 2.85. The minimum Gasteiger partial charge on any atom is -0.338 e. The zero-order valence-electron chi connectivity index (χ0n) is 10.3. The Morgan fingerprint density at radius 2 is 2.56 bits per heavy atom. The zero-order chi connectivity index (χ0) is 12.4. The van der Waals surface area contributed by atoms with Crippen LogP contribution in [0, 0.1) is 0 Å². The second-order valence-electron chi connectivity index (χ2n) is 4.59. The highest BCUT2D eigenvalue weighted by atomic mass is 32.1. The summed E-state index contributed by atoms with van der Waals surface area (Å²) in [7, 11) is 2.10. The van der Waals surface area contributed by atoms with Crippen LogP contribution in [0.4, 0.5) is 0 Å². The summed E-state index contributed by atoms with van der Waals surface area (Å²) in [5.41, 5.74) is 1.03. The molecule has 96 valence electrons. The van der Waals surface area contributed by atoms with Crippen molar-refractivity contribution in [2.45, 2.75) is 19.0 Å². The smallest absolute Gasteiger partial charge is 0.241 e. The van der Waals surface area contributed by atoms with Gasteiger partial charge >= 0.3 is 0 Å². The molecule has 0 saturated carbocycles. The van der Waals surface area contributed by atoms with Gasteiger partial charge in [-0.15, -0.1) is 0 Å². The molecule has 0 aliphatic carbocycles. The van der Waals surface area contributed by atoms with E-state index < -0.39 is 0 Å². The van der Waals surface area contributed by atoms with E-state index in [-0.39, 0.29) is 0 Å². The molecule has 1 fully saturated rings. The van der Waals surface area contributed by atoms with Crippen LogP contribution in [-0.4, -0.2) is 41.2 Å². The second-order valence-corrected chi connectivity index (χ2v) is 5.37. The minimum absolute atomic E-state index is 0.571. The normalized spacial score (nSPS) is 19.8. The molecule has 1 atom stereocenters. The molecule has 6 heteroatoms. The SMILES string of the molecule is CN(Cc1nc(-c2ccsc2)no1)C1CCNC1. The minimum atomic E-state index is 0.571. The van der Waals surface area contributed by atoms with E-state index in [2.05, 4.69) is 27.4 Å². The molecule has 3 heterocycles. The van der Waals surface area contributed by atoms with Gasteiger partial charge in [0.1, 0.15) is 0 Å². The molecule has 5 nitrogen and oxygen atoms in total. The Morgan fingerprint density at radius 1 is 1.61 bits per heavy atom. The largest absolute Gasteiger partial charge is 0.338 e. The quantitative estimate of drug-likeness (QED) is 0.909. The summed E-state index contributed by atoms with van der Waals surface area (Å²) in [6.07, 6.45) is 1.18. The summed E-state index contributed by atoms with van der Waals surface area (Å²) in [5.74, 6) is 1.37. The molecule has 0 radical (unpaired) electrons. The molecule has 0 spiro atoms. The molecule has 1 N–H and O–H groups in total. The van der Waals surface area contributed by atoms with E-state index in [9.17, 15) is 0 Å². The molecule has 0 aromatic carbocycles. The monoisotopic (exact) mass is 264 g/mol. The zero-order valence-corrected chi connectivity index (χ0v) is 11.1. The van der Waals surface area contributed by atoms with Crippen LogP contribution in [0.5, 0.6) is 0 Å². The number of aromatic nitrogens is 2. The van der Waals surface area contributed by atoms with Crippen LogP contribution < -0.4 is 5.32 Å². The second kappa shape index (κ2) is 5.17. The fourth-order valence-electron chi connectivity index (χ4n) is 2.19. The average molecular weight is 264 g/mol. The van der Waals surface area contributed by atoms with E-state index >= 15 is 0 Å². The average Bonchev–Trinajstić information content (AvgIpc) is 3.12. The topological polar surface area (TPSA) is 54.2 Å². The third-order valence-electron chi connectivity index (χ3n) is 3.29. The first-order chi connectivity index (χ1) is 8.83. The van der Waals surface area contributed by atoms with Crippen molar-refractivity contribution in [1.82, 2.24) is 20.4 Å². The van der Waals surface area contributed by atoms with Gasteiger partial charge in [0, 0.05) is 23.5 Å². The van der Waals surface area contributed by atoms with Crippen molar-refractivity contribution >= 4 is 11.3 Å². The van der Waals surface area contributed by atoms with Crippen LogP contribution >= 0.6 is 11.3 Å². The van der Waals surface area contributed by atoms with E-state index in [4.69, 9.17) is 4.52 Å². The van der Waals surface area contributed by atoms with Crippen molar-refractivity contribution in [2.24, 2.45) is 0 Å². The standard InChI is InChI=1S/C12H16N4OS/c1-16(10-2-4-13-6-10)7-11-14-12(15-17-11)9-3-5-18-8-9/h3,5,8,10,13H,2,4,6-7H2,1H3. The Hall–Kier alpha value is -1.24. The van der Waals surface area contributed by atoms with E-state index in [0.717, 1.165) is 18.7 Å². The van der Waals surface area contributed by atoms with Crippen molar-refractivity contribution in [3.05, 3.63) is 22.7 Å². The molecular weight excluding hydrogens is 248 g/mol. The van der Waals surface area contributed by atoms with Gasteiger partial charge in [-0.2, -0.15) is 16.3 Å². The number of nitrogens with one attached hydrogen (secondary N) is 1. The van der Waals surface area contributed by atoms with Crippen molar-refractivity contribution in [2.75, 3.05) is 20.1 Å². The number of hydrogen-bond acceptors (Lipinski definition) is 6. The lowest BCUT2D eigenvalue weighted by Crippen LogP contribution is -2.32. The maximum Gasteiger partial charge on any atom is 0.241 e. The predicted molar refractivity (Wildman–Crippen MR) is 70.4 cm³/mol. The van der Waals surface area contributed by atoms with Crippen molar-refractivity contribution in [1.29, 1.82) is 0 Å². The molecule has 1 unspecified atom stereocenters. The predicted octanol–water partition coefficient (Wildman–Crippen LogP) is 1.59. The molecule has 18 heavy (non-hydrogen) atoms. The van der Waals surface area contributed by atoms with Crippen LogP contribution in [0.3, 0.4) is 0 Å². The van der Waals surface area contributed by atoms with Crippen LogP contribution in [-0.2, 0) is 6.54 Å². The van der Waals surface area contributed by atoms with Crippen LogP contribution in [0.1, 0.15) is 12.3 Å². The third kappa shape index (κ3) is 2.45. The van der Waals surface area contributed by atoms with Gasteiger partial charge in [-0.25, -0.2) is 0 Å². The highest BCUT2D eigenvalue weighted by Crippen LogP contribution is 2.19. The first-order valence-corrected chi connectivity index (χ1v) is 7.03. The Kier molecular flexibility index (Phi) is 3.40. The molecule has 3 rings (SSSR count). The number of nitrogens with zero attached hydrogens (tertiary/aromatic N) is 3. The lowest BCUT2D eigenvalue weighted by molar-refractivity contribution is 0.214. The Balaban J connectivity index is 1.66. The third-order valence-corrected chi connectivity index (χ3v) is 3.97. The summed E-state index contributed by atoms with van der Waals surface area (Å²) in [6, 6.07) is 2.57. The highest BCUT2D eigenvalue weighted by molar-refractivity contribution is 7.08. The fourth-order valence-corrected chi connectivity index (χ4v) is 2.82. The molecule has 0 amide bonds. The molecule has 0 bridgehead atoms. The molecule has 2 aromatic heterocycles. The van der Waals surface area contributed by atoms with E-state index in [1.807, 2.05) is 16.8 Å². The Bertz CT molecular complexity index is 490. The molecule has 1 aliphatic heterocycles. The van der Waals surface area contributed by atoms with Gasteiger partial charge in [0.15, 0.2) is 0 Å². The van der Waals surface area contributed by atoms with Gasteiger partial charge < -0.3 is 9.84 Å². The first kappa shape index (κ1) is 11.8. The maximum atomic E-state index is 5.30. The first-order valence-electron chi connectivity index (χ1n) is 6.09. The van der Waals surface area contributed by atoms with Crippen LogP contribution in [0.2, 0.25) is 0 Å². The lowest BCUT2D eigenvalue weighted by Gasteiger charge is -2.21. The summed E-state index contributed by atoms with van der Waals surface area (Å²) < 4.78 is 5.30. The summed E-state index contributed by atoms with van der Waals surface area (Å²) in [4.78, 5) is 6.70. The van der Waals surface area contributed by atoms with Crippen LogP contribution in [0.15, 0.2) is 21.3 Å². The summed E-state index contributed by atoms with van der Waals surface area (Å²) in [5, 5.41) is 11.4. The van der Waals surface area contributed by atoms with Gasteiger partial charge in [-0.05, 0) is 31.5 Å². The Labute approximate surface area is 110 Å². The maximum absolute atomic E-state index is 5.30. The van der Waals surface area contributed by atoms with Gasteiger partial charge in [0.25, 0.3) is 0 Å². The lowest BCUT2D eigenvalue weighted by atomic mass is 10.2. The molecule has 1 saturated heterocycles. The number of rotatable bonds is 4. The van der Waals surface area contributed by atoms with Crippen molar-refractivity contribution in [3.8, 4) is 11.4 Å². The molecular formula is C12H16N4OS. The summed E-state index contributed by atoms with van der Waals surface area (Å²) >= 11 is 1.64. The van der Waals surface area contributed by atoms with Gasteiger partial charge in [0.2, 0.25) is 11.7 Å². The van der Waals surface area contributed by atoms with Crippen molar-refractivity contribution < 1.29 is 4.52 Å². The van der Waals surface area contributed by atoms with Gasteiger partial charge in [-0.3, -0.25) is 4.90 Å². The Morgan fingerprint density at radius 3 is 3.28 bits per heavy atom. The van der Waals surface area contributed by atoms with E-state index in [1.165, 1.54) is 6.42 Å². The number of thiophene rings is 1. The van der Waals surface area contributed by atoms with Gasteiger partial charge in [0.05, 0.1) is 6.54 Å². The molecule has 1 aliphatic rings. The highest BCUT2D eigenvalue weighted by Gasteiger charge is 2.21.